The van der Waals surface area contributed by atoms with E-state index in [0.717, 1.165) is 22.0 Å². The van der Waals surface area contributed by atoms with Gasteiger partial charge in [-0.2, -0.15) is 0 Å². The molecule has 180 valence electrons. The zero-order valence-corrected chi connectivity index (χ0v) is 20.0. The quantitative estimate of drug-likeness (QED) is 0.254. The molecule has 1 aromatic heterocycles. The summed E-state index contributed by atoms with van der Waals surface area (Å²) in [5.41, 5.74) is 10.5. The van der Waals surface area contributed by atoms with Gasteiger partial charge >= 0.3 is 6.03 Å². The van der Waals surface area contributed by atoms with Crippen molar-refractivity contribution in [1.29, 1.82) is 0 Å². The largest absolute Gasteiger partial charge is 0.493 e. The number of carbonyl (C=O) groups excluding carboxylic acids is 1. The number of hydrogen-bond donors (Lipinski definition) is 3. The maximum Gasteiger partial charge on any atom is 0.323 e. The Balaban J connectivity index is 1.36. The summed E-state index contributed by atoms with van der Waals surface area (Å²) >= 11 is 0. The summed E-state index contributed by atoms with van der Waals surface area (Å²) in [6, 6.07) is 20.6. The van der Waals surface area contributed by atoms with Crippen LogP contribution in [-0.2, 0) is 13.5 Å². The molecular weight excluding hydrogens is 442 g/mol. The lowest BCUT2D eigenvalue weighted by atomic mass is 10.1. The van der Waals surface area contributed by atoms with Gasteiger partial charge in [-0.1, -0.05) is 18.2 Å². The van der Waals surface area contributed by atoms with Gasteiger partial charge in [-0.15, -0.1) is 0 Å². The second kappa shape index (κ2) is 10.6. The van der Waals surface area contributed by atoms with Gasteiger partial charge in [0.2, 0.25) is 0 Å². The van der Waals surface area contributed by atoms with Gasteiger partial charge in [0.05, 0.1) is 14.2 Å². The van der Waals surface area contributed by atoms with E-state index in [0.29, 0.717) is 41.7 Å². The number of amides is 2. The van der Waals surface area contributed by atoms with Crippen molar-refractivity contribution < 1.29 is 14.3 Å². The van der Waals surface area contributed by atoms with Crippen LogP contribution in [0.4, 0.5) is 16.2 Å². The number of carbonyl (C=O) groups is 1. The number of nitrogens with zero attached hydrogens (tertiary/aromatic N) is 2. The van der Waals surface area contributed by atoms with Crippen LogP contribution in [-0.4, -0.2) is 37.2 Å². The smallest absolute Gasteiger partial charge is 0.323 e. The van der Waals surface area contributed by atoms with Crippen molar-refractivity contribution >= 4 is 34.1 Å². The Kier molecular flexibility index (Phi) is 7.21. The molecule has 4 aromatic rings. The molecular formula is C27H29N5O3. The van der Waals surface area contributed by atoms with E-state index in [1.807, 2.05) is 72.4 Å². The van der Waals surface area contributed by atoms with Crippen LogP contribution < -0.4 is 25.8 Å². The Morgan fingerprint density at radius 2 is 1.71 bits per heavy atom. The fourth-order valence-corrected chi connectivity index (χ4v) is 3.84. The van der Waals surface area contributed by atoms with Gasteiger partial charge in [0, 0.05) is 47.6 Å². The molecule has 0 atom stereocenters. The molecule has 0 unspecified atom stereocenters. The highest BCUT2D eigenvalue weighted by molar-refractivity contribution is 6.03. The summed E-state index contributed by atoms with van der Waals surface area (Å²) in [7, 11) is 5.21. The molecule has 8 heteroatoms. The monoisotopic (exact) mass is 471 g/mol. The second-order valence-corrected chi connectivity index (χ2v) is 8.07. The Hall–Kier alpha value is -4.46. The average molecular weight is 472 g/mol. The van der Waals surface area contributed by atoms with Crippen molar-refractivity contribution in [3.8, 4) is 11.5 Å². The van der Waals surface area contributed by atoms with Gasteiger partial charge < -0.3 is 30.4 Å². The number of ether oxygens (including phenoxy) is 2. The standard InChI is InChI=1S/C27H29N5O3/c1-32-14-12-19-16-22(8-9-23(19)32)31-27(33)30-21-6-4-5-20(17-21)26(28)29-13-11-18-7-10-24(34-2)25(15-18)35-3/h4-10,12,14-17H,11,13H2,1-3H3,(H2,28,29)(H2,30,31,33). The summed E-state index contributed by atoms with van der Waals surface area (Å²) in [5, 5.41) is 6.78. The van der Waals surface area contributed by atoms with E-state index < -0.39 is 0 Å². The average Bonchev–Trinajstić information content (AvgIpc) is 3.23. The maximum atomic E-state index is 12.5. The van der Waals surface area contributed by atoms with E-state index in [1.54, 1.807) is 26.4 Å². The first-order valence-corrected chi connectivity index (χ1v) is 11.2. The fourth-order valence-electron chi connectivity index (χ4n) is 3.84. The normalized spacial score (nSPS) is 11.3. The number of nitrogens with two attached hydrogens (primary N) is 1. The van der Waals surface area contributed by atoms with Crippen molar-refractivity contribution in [3.63, 3.8) is 0 Å². The fraction of sp³-hybridized carbons (Fsp3) is 0.185. The van der Waals surface area contributed by atoms with Crippen LogP contribution in [0.1, 0.15) is 11.1 Å². The molecule has 0 fully saturated rings. The summed E-state index contributed by atoms with van der Waals surface area (Å²) < 4.78 is 12.7. The molecule has 4 N–H and O–H groups in total. The number of aliphatic imine (C=N–C) groups is 1. The van der Waals surface area contributed by atoms with Gasteiger partial charge in [-0.25, -0.2) is 4.79 Å². The number of benzene rings is 3. The Labute approximate surface area is 204 Å². The van der Waals surface area contributed by atoms with Crippen LogP contribution in [0, 0.1) is 0 Å². The van der Waals surface area contributed by atoms with Crippen molar-refractivity contribution in [2.75, 3.05) is 31.4 Å². The third kappa shape index (κ3) is 5.73. The highest BCUT2D eigenvalue weighted by Crippen LogP contribution is 2.27. The minimum Gasteiger partial charge on any atom is -0.493 e. The van der Waals surface area contributed by atoms with Crippen molar-refractivity contribution in [2.24, 2.45) is 17.8 Å². The number of nitrogens with one attached hydrogen (secondary N) is 2. The molecule has 0 aliphatic rings. The summed E-state index contributed by atoms with van der Waals surface area (Å²) in [6.45, 7) is 0.515. The van der Waals surface area contributed by atoms with E-state index in [1.165, 1.54) is 0 Å². The molecule has 0 saturated carbocycles. The molecule has 2 amide bonds. The number of amidine groups is 1. The molecule has 0 radical (unpaired) electrons. The van der Waals surface area contributed by atoms with E-state index in [-0.39, 0.29) is 6.03 Å². The van der Waals surface area contributed by atoms with Crippen LogP contribution in [0.25, 0.3) is 10.9 Å². The van der Waals surface area contributed by atoms with Crippen molar-refractivity contribution in [3.05, 3.63) is 84.1 Å². The number of anilines is 2. The number of aryl methyl sites for hydroxylation is 1. The molecule has 4 rings (SSSR count). The topological polar surface area (TPSA) is 103 Å². The zero-order chi connectivity index (χ0) is 24.8. The lowest BCUT2D eigenvalue weighted by Crippen LogP contribution is -2.20. The lowest BCUT2D eigenvalue weighted by Gasteiger charge is -2.10. The Morgan fingerprint density at radius 3 is 2.49 bits per heavy atom. The predicted molar refractivity (Wildman–Crippen MR) is 141 cm³/mol. The third-order valence-corrected chi connectivity index (χ3v) is 5.69. The third-order valence-electron chi connectivity index (χ3n) is 5.69. The molecule has 0 spiro atoms. The van der Waals surface area contributed by atoms with Gasteiger partial charge in [0.25, 0.3) is 0 Å². The van der Waals surface area contributed by atoms with Gasteiger partial charge in [0.1, 0.15) is 5.84 Å². The zero-order valence-electron chi connectivity index (χ0n) is 20.0. The van der Waals surface area contributed by atoms with E-state index >= 15 is 0 Å². The molecule has 0 aliphatic heterocycles. The number of urea groups is 1. The minimum atomic E-state index is -0.332. The Bertz CT molecular complexity index is 1380. The molecule has 3 aromatic carbocycles. The molecule has 35 heavy (non-hydrogen) atoms. The molecule has 0 aliphatic carbocycles. The maximum absolute atomic E-state index is 12.5. The number of methoxy groups -OCH3 is 2. The first-order chi connectivity index (χ1) is 17.0. The summed E-state index contributed by atoms with van der Waals surface area (Å²) in [5.74, 6) is 1.78. The van der Waals surface area contributed by atoms with Gasteiger partial charge in [-0.3, -0.25) is 4.99 Å². The predicted octanol–water partition coefficient (Wildman–Crippen LogP) is 4.79. The second-order valence-electron chi connectivity index (χ2n) is 8.07. The lowest BCUT2D eigenvalue weighted by molar-refractivity contribution is 0.262. The molecule has 0 bridgehead atoms. The van der Waals surface area contributed by atoms with Gasteiger partial charge in [-0.05, 0) is 60.5 Å². The number of hydrogen-bond acceptors (Lipinski definition) is 4. The molecule has 1 heterocycles. The SMILES string of the molecule is COc1ccc(CCN=C(N)c2cccc(NC(=O)Nc3ccc4c(ccn4C)c3)c2)cc1OC. The van der Waals surface area contributed by atoms with Crippen LogP contribution in [0.3, 0.4) is 0 Å². The van der Waals surface area contributed by atoms with Crippen LogP contribution in [0.2, 0.25) is 0 Å². The van der Waals surface area contributed by atoms with Crippen LogP contribution in [0.5, 0.6) is 11.5 Å². The summed E-state index contributed by atoms with van der Waals surface area (Å²) in [4.78, 5) is 17.0. The highest BCUT2D eigenvalue weighted by Gasteiger charge is 2.08. The van der Waals surface area contributed by atoms with Crippen molar-refractivity contribution in [1.82, 2.24) is 4.57 Å². The first kappa shape index (κ1) is 23.7. The summed E-state index contributed by atoms with van der Waals surface area (Å²) in [6.07, 6.45) is 2.69. The van der Waals surface area contributed by atoms with E-state index in [2.05, 4.69) is 15.6 Å². The first-order valence-electron chi connectivity index (χ1n) is 11.2. The van der Waals surface area contributed by atoms with Gasteiger partial charge in [0.15, 0.2) is 11.5 Å². The number of fused-ring (bicyclic) bond motifs is 1. The Morgan fingerprint density at radius 1 is 0.943 bits per heavy atom. The highest BCUT2D eigenvalue weighted by atomic mass is 16.5. The van der Waals surface area contributed by atoms with Crippen LogP contribution >= 0.6 is 0 Å². The minimum absolute atomic E-state index is 0.332. The number of rotatable bonds is 8. The van der Waals surface area contributed by atoms with Crippen molar-refractivity contribution in [2.45, 2.75) is 6.42 Å². The number of aromatic nitrogens is 1. The molecule has 0 saturated heterocycles. The molecule has 8 nitrogen and oxygen atoms in total. The van der Waals surface area contributed by atoms with E-state index in [4.69, 9.17) is 15.2 Å². The van der Waals surface area contributed by atoms with E-state index in [9.17, 15) is 4.79 Å². The van der Waals surface area contributed by atoms with Crippen LogP contribution in [0.15, 0.2) is 77.9 Å².